The molecule has 2 rings (SSSR count). The van der Waals surface area contributed by atoms with Crippen molar-refractivity contribution in [2.24, 2.45) is 0 Å². The maximum Gasteiger partial charge on any atom is -0.0809 e. The van der Waals surface area contributed by atoms with Crippen LogP contribution in [0.4, 0.5) is 0 Å². The predicted octanol–water partition coefficient (Wildman–Crippen LogP) is 6.00. The molecular weight excluding hydrogens is 326 g/mol. The monoisotopic (exact) mass is 341 g/mol. The largest absolute Gasteiger partial charge is 0.168 e. The van der Waals surface area contributed by atoms with E-state index in [4.69, 9.17) is 27.9 Å². The van der Waals surface area contributed by atoms with Crippen molar-refractivity contribution in [1.29, 1.82) is 0 Å². The minimum absolute atomic E-state index is 0.120. The van der Waals surface area contributed by atoms with E-state index in [2.05, 4.69) is 62.1 Å². The molecule has 0 unspecified atom stereocenters. The Kier molecular flexibility index (Phi) is 10.9. The third-order valence-corrected chi connectivity index (χ3v) is 1.55. The Morgan fingerprint density at radius 2 is 1.47 bits per heavy atom. The van der Waals surface area contributed by atoms with E-state index >= 15 is 0 Å². The fraction of sp³-hybridized carbons (Fsp3) is 0.250. The first-order valence-electron chi connectivity index (χ1n) is 5.14. The molecule has 0 N–H and O–H groups in total. The van der Waals surface area contributed by atoms with Gasteiger partial charge in [0.2, 0.25) is 0 Å². The average molecular weight is 343 g/mol. The Hall–Kier alpha value is 0.631. The van der Waals surface area contributed by atoms with Gasteiger partial charge in [0.1, 0.15) is 0 Å². The summed E-state index contributed by atoms with van der Waals surface area (Å²) in [4.78, 5) is 0. The summed E-state index contributed by atoms with van der Waals surface area (Å²) in [6.07, 6.45) is 0. The van der Waals surface area contributed by atoms with Crippen LogP contribution in [0.15, 0.2) is 42.5 Å². The molecule has 0 bridgehead atoms. The maximum absolute atomic E-state index is 4.97. The van der Waals surface area contributed by atoms with Crippen LogP contribution in [0.2, 0.25) is 19.6 Å². The van der Waals surface area contributed by atoms with Crippen LogP contribution in [-0.4, -0.2) is 8.80 Å². The normalized spacial score (nSPS) is 9.12. The van der Waals surface area contributed by atoms with Gasteiger partial charge >= 0.3 is 42.6 Å². The van der Waals surface area contributed by atoms with Crippen molar-refractivity contribution in [3.63, 3.8) is 0 Å². The molecule has 0 fully saturated rings. The van der Waals surface area contributed by atoms with Crippen molar-refractivity contribution in [2.75, 3.05) is 0 Å². The number of rotatable bonds is 0. The molecule has 0 aromatic heterocycles. The van der Waals surface area contributed by atoms with E-state index in [1.165, 1.54) is 10.8 Å². The Bertz CT molecular complexity index is 360. The Balaban J connectivity index is 0.000000274. The molecule has 0 heterocycles. The predicted molar refractivity (Wildman–Crippen MR) is 80.4 cm³/mol. The quantitative estimate of drug-likeness (QED) is 0.407. The zero-order valence-electron chi connectivity index (χ0n) is 10.2. The van der Waals surface area contributed by atoms with Gasteiger partial charge in [0.15, 0.2) is 0 Å². The van der Waals surface area contributed by atoms with Crippen molar-refractivity contribution in [3.8, 4) is 0 Å². The van der Waals surface area contributed by atoms with Gasteiger partial charge in [-0.2, -0.15) is 17.5 Å². The van der Waals surface area contributed by atoms with Gasteiger partial charge in [-0.25, -0.2) is 0 Å². The molecule has 0 amide bonds. The topological polar surface area (TPSA) is 0 Å². The molecule has 2 aromatic rings. The van der Waals surface area contributed by atoms with Crippen molar-refractivity contribution < 1.29 is 14.7 Å². The van der Waals surface area contributed by atoms with Gasteiger partial charge in [-0.05, 0) is 0 Å². The van der Waals surface area contributed by atoms with Crippen LogP contribution in [-0.2, 0) is 14.7 Å². The summed E-state index contributed by atoms with van der Waals surface area (Å²) < 4.78 is 0. The summed E-state index contributed by atoms with van der Waals surface area (Å²) in [6.45, 7) is 6.81. The number of hydrogen-bond acceptors (Lipinski definition) is 0. The molecule has 0 aliphatic carbocycles. The van der Waals surface area contributed by atoms with Crippen molar-refractivity contribution in [2.45, 2.75) is 19.6 Å². The molecule has 17 heavy (non-hydrogen) atoms. The van der Waals surface area contributed by atoms with E-state index in [0.717, 1.165) is 0 Å². The molecule has 5 heteroatoms. The summed E-state index contributed by atoms with van der Waals surface area (Å²) in [5.74, 6) is 0. The van der Waals surface area contributed by atoms with Gasteiger partial charge in [-0.1, -0.05) is 25.7 Å². The molecule has 0 nitrogen and oxygen atoms in total. The number of hydrogen-bond donors (Lipinski definition) is 0. The summed E-state index contributed by atoms with van der Waals surface area (Å²) >= 11 is -1.92. The zero-order valence-corrected chi connectivity index (χ0v) is 15.0. The standard InChI is InChI=1S/C9H7.C3H9Si.3ClH.Ti/c1-2-5-9-7-3-6-8(9)4-1;1-4(2)3;;;;/h1-7H;1-3H3;3*1H;/q-1;;;;;+4/p-3. The molecule has 0 spiro atoms. The number of benzene rings is 1. The van der Waals surface area contributed by atoms with Crippen molar-refractivity contribution in [1.82, 2.24) is 0 Å². The Morgan fingerprint density at radius 1 is 1.00 bits per heavy atom. The van der Waals surface area contributed by atoms with E-state index < -0.39 is 14.7 Å². The fourth-order valence-electron chi connectivity index (χ4n) is 1.07. The minimum atomic E-state index is -1.92. The summed E-state index contributed by atoms with van der Waals surface area (Å²) in [6, 6.07) is 14.7. The van der Waals surface area contributed by atoms with Gasteiger partial charge in [-0.3, -0.25) is 0 Å². The molecule has 2 aromatic carbocycles. The third-order valence-electron chi connectivity index (χ3n) is 1.55. The van der Waals surface area contributed by atoms with Gasteiger partial charge in [0, 0.05) is 8.80 Å². The van der Waals surface area contributed by atoms with Crippen LogP contribution in [0.3, 0.4) is 0 Å². The van der Waals surface area contributed by atoms with Crippen LogP contribution in [0, 0.1) is 0 Å². The van der Waals surface area contributed by atoms with Crippen LogP contribution >= 0.6 is 27.9 Å². The van der Waals surface area contributed by atoms with E-state index in [1.807, 2.05) is 0 Å². The van der Waals surface area contributed by atoms with E-state index in [1.54, 1.807) is 0 Å². The summed E-state index contributed by atoms with van der Waals surface area (Å²) in [5, 5.41) is 2.66. The Labute approximate surface area is 123 Å². The van der Waals surface area contributed by atoms with Gasteiger partial charge in [-0.15, -0.1) is 29.7 Å². The maximum atomic E-state index is 4.97. The van der Waals surface area contributed by atoms with Crippen molar-refractivity contribution >= 4 is 47.5 Å². The first kappa shape index (κ1) is 17.6. The second kappa shape index (κ2) is 10.5. The smallest absolute Gasteiger partial charge is 0.0809 e. The molecule has 0 aliphatic rings. The first-order chi connectivity index (χ1) is 7.93. The van der Waals surface area contributed by atoms with Crippen LogP contribution in [0.1, 0.15) is 0 Å². The van der Waals surface area contributed by atoms with Crippen molar-refractivity contribution in [3.05, 3.63) is 42.5 Å². The number of fused-ring (bicyclic) bond motifs is 1. The third kappa shape index (κ3) is 11.5. The van der Waals surface area contributed by atoms with E-state index in [9.17, 15) is 0 Å². The van der Waals surface area contributed by atoms with E-state index in [-0.39, 0.29) is 8.80 Å². The molecule has 93 valence electrons. The van der Waals surface area contributed by atoms with Crippen LogP contribution in [0.25, 0.3) is 10.8 Å². The summed E-state index contributed by atoms with van der Waals surface area (Å²) in [7, 11) is 15.0. The van der Waals surface area contributed by atoms with Crippen LogP contribution in [0.5, 0.6) is 0 Å². The zero-order chi connectivity index (χ0) is 13.3. The average Bonchev–Trinajstić information content (AvgIpc) is 2.62. The molecule has 1 radical (unpaired) electrons. The Morgan fingerprint density at radius 3 is 1.94 bits per heavy atom. The van der Waals surface area contributed by atoms with Gasteiger partial charge < -0.3 is 0 Å². The molecular formula is C12H16Cl3SiTi. The molecule has 0 atom stereocenters. The van der Waals surface area contributed by atoms with Gasteiger partial charge in [0.05, 0.1) is 0 Å². The molecule has 0 saturated heterocycles. The molecule has 0 saturated carbocycles. The number of halogens is 3. The first-order valence-corrected chi connectivity index (χ1v) is 14.6. The van der Waals surface area contributed by atoms with Gasteiger partial charge in [0.25, 0.3) is 0 Å². The summed E-state index contributed by atoms with van der Waals surface area (Å²) in [5.41, 5.74) is 0. The molecule has 0 aliphatic heterocycles. The second-order valence-electron chi connectivity index (χ2n) is 3.87. The SMILES string of the molecule is C[Si](C)C.[Cl][Ti+]([Cl])[Cl].c1ccc2[cH-]ccc2c1. The van der Waals surface area contributed by atoms with E-state index in [0.29, 0.717) is 0 Å². The second-order valence-corrected chi connectivity index (χ2v) is 14.6. The minimum Gasteiger partial charge on any atom is -0.168 e. The fourth-order valence-corrected chi connectivity index (χ4v) is 1.07. The van der Waals surface area contributed by atoms with Crippen LogP contribution < -0.4 is 0 Å².